The molecule has 0 spiro atoms. The summed E-state index contributed by atoms with van der Waals surface area (Å²) >= 11 is 0. The fourth-order valence-electron chi connectivity index (χ4n) is 1.72. The summed E-state index contributed by atoms with van der Waals surface area (Å²) in [6, 6.07) is 0. The van der Waals surface area contributed by atoms with Crippen molar-refractivity contribution in [2.45, 2.75) is 25.4 Å². The molecule has 1 saturated heterocycles. The lowest BCUT2D eigenvalue weighted by atomic mass is 9.95. The number of nitrogens with two attached hydrogens (primary N) is 1. The molecule has 1 unspecified atom stereocenters. The maximum Gasteiger partial charge on any atom is 0.490 e. The van der Waals surface area contributed by atoms with Crippen LogP contribution in [-0.2, 0) is 9.59 Å². The molecule has 5 nitrogen and oxygen atoms in total. The lowest BCUT2D eigenvalue weighted by Crippen LogP contribution is -2.34. The van der Waals surface area contributed by atoms with E-state index in [9.17, 15) is 18.0 Å². The summed E-state index contributed by atoms with van der Waals surface area (Å²) in [6.45, 7) is 2.19. The van der Waals surface area contributed by atoms with E-state index in [-0.39, 0.29) is 5.91 Å². The van der Waals surface area contributed by atoms with E-state index in [0.717, 1.165) is 19.5 Å². The number of nitrogens with zero attached hydrogens (tertiary/aromatic N) is 1. The topological polar surface area (TPSA) is 83.6 Å². The van der Waals surface area contributed by atoms with Gasteiger partial charge >= 0.3 is 12.1 Å². The van der Waals surface area contributed by atoms with Gasteiger partial charge in [-0.25, -0.2) is 4.79 Å². The molecule has 0 aliphatic carbocycles. The second kappa shape index (κ2) is 7.20. The Bertz CT molecular complexity index is 295. The van der Waals surface area contributed by atoms with E-state index in [1.807, 2.05) is 0 Å². The van der Waals surface area contributed by atoms with Crippen LogP contribution >= 0.6 is 0 Å². The lowest BCUT2D eigenvalue weighted by Gasteiger charge is -2.28. The maximum absolute atomic E-state index is 10.6. The van der Waals surface area contributed by atoms with Crippen molar-refractivity contribution in [1.82, 2.24) is 4.90 Å². The number of carboxylic acid groups (broad SMARTS) is 1. The Kier molecular flexibility index (Phi) is 6.67. The highest BCUT2D eigenvalue weighted by atomic mass is 19.4. The second-order valence-corrected chi connectivity index (χ2v) is 4.24. The normalized spacial score (nSPS) is 20.8. The van der Waals surface area contributed by atoms with E-state index in [1.165, 1.54) is 6.42 Å². The molecule has 1 rings (SSSR count). The summed E-state index contributed by atoms with van der Waals surface area (Å²) in [5, 5.41) is 7.12. The van der Waals surface area contributed by atoms with Crippen molar-refractivity contribution in [3.05, 3.63) is 0 Å². The number of halogens is 3. The highest BCUT2D eigenvalue weighted by molar-refractivity contribution is 5.74. The molecule has 8 heteroatoms. The molecular weight excluding hydrogens is 253 g/mol. The minimum atomic E-state index is -5.08. The predicted octanol–water partition coefficient (Wildman–Crippen LogP) is 0.837. The Morgan fingerprint density at radius 1 is 1.44 bits per heavy atom. The number of primary amides is 1. The zero-order valence-electron chi connectivity index (χ0n) is 10.0. The number of aliphatic carboxylic acids is 1. The summed E-state index contributed by atoms with van der Waals surface area (Å²) in [5.41, 5.74) is 5.11. The van der Waals surface area contributed by atoms with Gasteiger partial charge in [0, 0.05) is 13.0 Å². The largest absolute Gasteiger partial charge is 0.490 e. The van der Waals surface area contributed by atoms with Crippen molar-refractivity contribution < 1.29 is 27.9 Å². The van der Waals surface area contributed by atoms with Gasteiger partial charge in [0.2, 0.25) is 5.91 Å². The Hall–Kier alpha value is -1.31. The van der Waals surface area contributed by atoms with E-state index < -0.39 is 12.1 Å². The third kappa shape index (κ3) is 7.88. The van der Waals surface area contributed by atoms with Crippen LogP contribution in [0.3, 0.4) is 0 Å². The van der Waals surface area contributed by atoms with Crippen LogP contribution in [0.5, 0.6) is 0 Å². The molecule has 0 aromatic heterocycles. The number of rotatable bonds is 2. The van der Waals surface area contributed by atoms with Gasteiger partial charge in [0.25, 0.3) is 0 Å². The molecule has 1 heterocycles. The molecule has 0 bridgehead atoms. The molecule has 3 N–H and O–H groups in total. The average molecular weight is 270 g/mol. The van der Waals surface area contributed by atoms with Gasteiger partial charge < -0.3 is 15.7 Å². The third-order valence-electron chi connectivity index (χ3n) is 2.45. The van der Waals surface area contributed by atoms with Crippen LogP contribution in [0.4, 0.5) is 13.2 Å². The zero-order valence-corrected chi connectivity index (χ0v) is 10.0. The van der Waals surface area contributed by atoms with E-state index >= 15 is 0 Å². The van der Waals surface area contributed by atoms with Gasteiger partial charge in [0.15, 0.2) is 0 Å². The Morgan fingerprint density at radius 3 is 2.28 bits per heavy atom. The molecule has 1 fully saturated rings. The molecule has 1 amide bonds. The van der Waals surface area contributed by atoms with Crippen molar-refractivity contribution >= 4 is 11.9 Å². The zero-order chi connectivity index (χ0) is 14.3. The van der Waals surface area contributed by atoms with Crippen LogP contribution in [-0.4, -0.2) is 48.2 Å². The summed E-state index contributed by atoms with van der Waals surface area (Å²) in [6.07, 6.45) is -2.16. The molecule has 1 atom stereocenters. The predicted molar refractivity (Wildman–Crippen MR) is 57.7 cm³/mol. The van der Waals surface area contributed by atoms with E-state index in [1.54, 1.807) is 0 Å². The number of hydrogen-bond acceptors (Lipinski definition) is 3. The van der Waals surface area contributed by atoms with Gasteiger partial charge in [-0.1, -0.05) is 0 Å². The highest BCUT2D eigenvalue weighted by Crippen LogP contribution is 2.17. The maximum atomic E-state index is 10.6. The quantitative estimate of drug-likeness (QED) is 0.778. The molecule has 0 radical (unpaired) electrons. The molecule has 18 heavy (non-hydrogen) atoms. The molecular formula is C10H17F3N2O3. The minimum Gasteiger partial charge on any atom is -0.475 e. The Labute approximate surface area is 103 Å². The van der Waals surface area contributed by atoms with E-state index in [0.29, 0.717) is 12.3 Å². The smallest absolute Gasteiger partial charge is 0.475 e. The van der Waals surface area contributed by atoms with Crippen LogP contribution in [0.15, 0.2) is 0 Å². The number of amides is 1. The van der Waals surface area contributed by atoms with Gasteiger partial charge in [-0.05, 0) is 32.4 Å². The van der Waals surface area contributed by atoms with Crippen LogP contribution < -0.4 is 5.73 Å². The van der Waals surface area contributed by atoms with Gasteiger partial charge in [0.1, 0.15) is 0 Å². The molecule has 1 aliphatic heterocycles. The SMILES string of the molecule is CN1CCCC(CC(N)=O)C1.O=C(O)C(F)(F)F. The first-order valence-electron chi connectivity index (χ1n) is 5.40. The van der Waals surface area contributed by atoms with Crippen LogP contribution in [0.2, 0.25) is 0 Å². The number of hydrogen-bond donors (Lipinski definition) is 2. The average Bonchev–Trinajstić information content (AvgIpc) is 2.15. The van der Waals surface area contributed by atoms with Crippen molar-refractivity contribution in [3.63, 3.8) is 0 Å². The van der Waals surface area contributed by atoms with Gasteiger partial charge in [0.05, 0.1) is 0 Å². The van der Waals surface area contributed by atoms with Crippen LogP contribution in [0, 0.1) is 5.92 Å². The van der Waals surface area contributed by atoms with Crippen LogP contribution in [0.25, 0.3) is 0 Å². The first-order valence-corrected chi connectivity index (χ1v) is 5.40. The minimum absolute atomic E-state index is 0.162. The summed E-state index contributed by atoms with van der Waals surface area (Å²) in [5.74, 6) is -2.41. The molecule has 0 aromatic rings. The number of likely N-dealkylation sites (tertiary alicyclic amines) is 1. The number of carbonyl (C=O) groups is 2. The van der Waals surface area contributed by atoms with Crippen molar-refractivity contribution in [2.75, 3.05) is 20.1 Å². The number of carbonyl (C=O) groups excluding carboxylic acids is 1. The Morgan fingerprint density at radius 2 is 1.94 bits per heavy atom. The number of piperidine rings is 1. The first kappa shape index (κ1) is 16.7. The monoisotopic (exact) mass is 270 g/mol. The van der Waals surface area contributed by atoms with Gasteiger partial charge in [-0.3, -0.25) is 4.79 Å². The van der Waals surface area contributed by atoms with E-state index in [2.05, 4.69) is 11.9 Å². The molecule has 0 saturated carbocycles. The molecule has 0 aromatic carbocycles. The van der Waals surface area contributed by atoms with Crippen molar-refractivity contribution in [3.8, 4) is 0 Å². The molecule has 1 aliphatic rings. The fourth-order valence-corrected chi connectivity index (χ4v) is 1.72. The molecule has 106 valence electrons. The van der Waals surface area contributed by atoms with Crippen molar-refractivity contribution in [1.29, 1.82) is 0 Å². The summed E-state index contributed by atoms with van der Waals surface area (Å²) in [7, 11) is 2.09. The first-order chi connectivity index (χ1) is 8.12. The van der Waals surface area contributed by atoms with E-state index in [4.69, 9.17) is 15.6 Å². The number of alkyl halides is 3. The second-order valence-electron chi connectivity index (χ2n) is 4.24. The highest BCUT2D eigenvalue weighted by Gasteiger charge is 2.38. The fraction of sp³-hybridized carbons (Fsp3) is 0.800. The number of carboxylic acids is 1. The van der Waals surface area contributed by atoms with Gasteiger partial charge in [-0.15, -0.1) is 0 Å². The van der Waals surface area contributed by atoms with Gasteiger partial charge in [-0.2, -0.15) is 13.2 Å². The third-order valence-corrected chi connectivity index (χ3v) is 2.45. The summed E-state index contributed by atoms with van der Waals surface area (Å²) < 4.78 is 31.7. The van der Waals surface area contributed by atoms with Crippen LogP contribution in [0.1, 0.15) is 19.3 Å². The lowest BCUT2D eigenvalue weighted by molar-refractivity contribution is -0.192. The standard InChI is InChI=1S/C8H16N2O.C2HF3O2/c1-10-4-2-3-7(6-10)5-8(9)11;3-2(4,5)1(6)7/h7H,2-6H2,1H3,(H2,9,11);(H,6,7). The van der Waals surface area contributed by atoms with Crippen molar-refractivity contribution in [2.24, 2.45) is 11.7 Å². The summed E-state index contributed by atoms with van der Waals surface area (Å²) in [4.78, 5) is 21.7. The Balaban J connectivity index is 0.000000360.